The molecule has 1 N–H and O–H groups in total. The molecule has 0 bridgehead atoms. The number of aromatic nitrogens is 2. The van der Waals surface area contributed by atoms with Crippen LogP contribution in [0.2, 0.25) is 0 Å². The van der Waals surface area contributed by atoms with Gasteiger partial charge >= 0.3 is 0 Å². The van der Waals surface area contributed by atoms with Gasteiger partial charge in [-0.3, -0.25) is 0 Å². The predicted octanol–water partition coefficient (Wildman–Crippen LogP) is 7.47. The number of aromatic amines is 1. The highest BCUT2D eigenvalue weighted by Crippen LogP contribution is 2.41. The fraction of sp³-hybridized carbons (Fsp3) is 0.286. The molecule has 0 aliphatic heterocycles. The average molecular weight is 522 g/mol. The normalized spacial score (nSPS) is 12.1. The molecule has 2 aliphatic rings. The maximum absolute atomic E-state index is 3.47. The van der Waals surface area contributed by atoms with E-state index in [0.29, 0.717) is 0 Å². The van der Waals surface area contributed by atoms with Crippen molar-refractivity contribution in [3.05, 3.63) is 93.6 Å². The number of alkyl halides is 1. The third kappa shape index (κ3) is 3.57. The SMILES string of the molecule is CI.Cc1[nH]c2c(c1C)-c1ccccc1C2.Cc1c2c(n(C)c1C)Cc1ccccc1-2. The van der Waals surface area contributed by atoms with Crippen LogP contribution < -0.4 is 0 Å². The van der Waals surface area contributed by atoms with E-state index < -0.39 is 0 Å². The largest absolute Gasteiger partial charge is 0.361 e. The minimum Gasteiger partial charge on any atom is -0.361 e. The zero-order valence-electron chi connectivity index (χ0n) is 19.4. The molecule has 2 aromatic heterocycles. The molecule has 160 valence electrons. The number of benzene rings is 2. The Morgan fingerprint density at radius 2 is 1.29 bits per heavy atom. The molecule has 3 heteroatoms. The average Bonchev–Trinajstić information content (AvgIpc) is 3.48. The summed E-state index contributed by atoms with van der Waals surface area (Å²) in [5.41, 5.74) is 17.1. The Kier molecular flexibility index (Phi) is 6.16. The van der Waals surface area contributed by atoms with Crippen LogP contribution >= 0.6 is 22.6 Å². The van der Waals surface area contributed by atoms with Crippen LogP contribution in [0.5, 0.6) is 0 Å². The zero-order chi connectivity index (χ0) is 22.3. The van der Waals surface area contributed by atoms with Crippen molar-refractivity contribution >= 4 is 22.6 Å². The number of H-pyrrole nitrogens is 1. The maximum atomic E-state index is 3.47. The lowest BCUT2D eigenvalue weighted by molar-refractivity contribution is 0.823. The lowest BCUT2D eigenvalue weighted by Gasteiger charge is -2.03. The lowest BCUT2D eigenvalue weighted by atomic mass is 10.0. The van der Waals surface area contributed by atoms with Gasteiger partial charge in [0.1, 0.15) is 0 Å². The van der Waals surface area contributed by atoms with Gasteiger partial charge in [-0.2, -0.15) is 0 Å². The highest BCUT2D eigenvalue weighted by Gasteiger charge is 2.25. The number of aryl methyl sites for hydroxylation is 1. The van der Waals surface area contributed by atoms with Crippen LogP contribution in [0.25, 0.3) is 22.3 Å². The van der Waals surface area contributed by atoms with Gasteiger partial charge in [0.25, 0.3) is 0 Å². The van der Waals surface area contributed by atoms with Gasteiger partial charge in [0, 0.05) is 53.8 Å². The first-order chi connectivity index (χ1) is 15.0. The Morgan fingerprint density at radius 3 is 1.94 bits per heavy atom. The fourth-order valence-electron chi connectivity index (χ4n) is 5.08. The van der Waals surface area contributed by atoms with Gasteiger partial charge < -0.3 is 9.55 Å². The summed E-state index contributed by atoms with van der Waals surface area (Å²) in [6.45, 7) is 8.79. The molecule has 0 atom stereocenters. The quantitative estimate of drug-likeness (QED) is 0.158. The molecule has 0 unspecified atom stereocenters. The summed E-state index contributed by atoms with van der Waals surface area (Å²) in [5, 5.41) is 0. The third-order valence-electron chi connectivity index (χ3n) is 6.99. The first kappa shape index (κ1) is 21.9. The number of rotatable bonds is 0. The van der Waals surface area contributed by atoms with Crippen molar-refractivity contribution in [1.82, 2.24) is 9.55 Å². The van der Waals surface area contributed by atoms with E-state index in [1.165, 1.54) is 67.3 Å². The smallest absolute Gasteiger partial charge is 0.0300 e. The maximum Gasteiger partial charge on any atom is 0.0300 e. The molecule has 6 rings (SSSR count). The van der Waals surface area contributed by atoms with Crippen molar-refractivity contribution in [2.45, 2.75) is 40.5 Å². The van der Waals surface area contributed by atoms with Crippen LogP contribution in [0.1, 0.15) is 45.0 Å². The Morgan fingerprint density at radius 1 is 0.742 bits per heavy atom. The van der Waals surface area contributed by atoms with E-state index in [-0.39, 0.29) is 0 Å². The van der Waals surface area contributed by atoms with Gasteiger partial charge in [0.2, 0.25) is 0 Å². The van der Waals surface area contributed by atoms with Crippen LogP contribution in [0.3, 0.4) is 0 Å². The molecule has 4 aromatic rings. The molecule has 0 radical (unpaired) electrons. The first-order valence-electron chi connectivity index (χ1n) is 10.8. The van der Waals surface area contributed by atoms with Gasteiger partial charge in [-0.1, -0.05) is 71.1 Å². The number of hydrogen-bond acceptors (Lipinski definition) is 0. The summed E-state index contributed by atoms with van der Waals surface area (Å²) < 4.78 is 2.34. The van der Waals surface area contributed by atoms with E-state index in [0.717, 1.165) is 12.8 Å². The molecule has 31 heavy (non-hydrogen) atoms. The van der Waals surface area contributed by atoms with E-state index >= 15 is 0 Å². The Balaban J connectivity index is 0.000000139. The Bertz CT molecular complexity index is 1260. The highest BCUT2D eigenvalue weighted by atomic mass is 127. The Labute approximate surface area is 199 Å². The molecule has 2 aromatic carbocycles. The number of nitrogens with one attached hydrogen (secondary N) is 1. The molecule has 0 fully saturated rings. The van der Waals surface area contributed by atoms with Crippen molar-refractivity contribution in [2.75, 3.05) is 4.93 Å². The minimum absolute atomic E-state index is 1.07. The topological polar surface area (TPSA) is 20.7 Å². The Hall–Kier alpha value is -2.27. The highest BCUT2D eigenvalue weighted by molar-refractivity contribution is 14.1. The van der Waals surface area contributed by atoms with E-state index in [2.05, 4.69) is 115 Å². The van der Waals surface area contributed by atoms with Crippen LogP contribution in [0.4, 0.5) is 0 Å². The fourth-order valence-corrected chi connectivity index (χ4v) is 5.08. The standard InChI is InChI=1S/C14H15N.C13H13N.CH3I/c1-9-10(2)15(3)13-8-11-6-4-5-7-12(11)14(9)13;1-8-9(2)14-12-7-10-5-3-4-6-11(10)13(8)12;1-2/h4-7H,8H2,1-3H3;3-6,14H,7H2,1-2H3;1H3. The van der Waals surface area contributed by atoms with Crippen molar-refractivity contribution in [3.8, 4) is 22.3 Å². The van der Waals surface area contributed by atoms with Crippen LogP contribution in [-0.2, 0) is 19.9 Å². The summed E-state index contributed by atoms with van der Waals surface area (Å²) in [7, 11) is 2.17. The molecule has 0 amide bonds. The first-order valence-corrected chi connectivity index (χ1v) is 13.0. The number of fused-ring (bicyclic) bond motifs is 6. The van der Waals surface area contributed by atoms with E-state index in [1.807, 2.05) is 4.93 Å². The molecule has 0 saturated carbocycles. The predicted molar refractivity (Wildman–Crippen MR) is 142 cm³/mol. The molecule has 0 spiro atoms. The second-order valence-corrected chi connectivity index (χ2v) is 8.49. The molecular weight excluding hydrogens is 491 g/mol. The van der Waals surface area contributed by atoms with Crippen molar-refractivity contribution < 1.29 is 0 Å². The van der Waals surface area contributed by atoms with E-state index in [9.17, 15) is 0 Å². The summed E-state index contributed by atoms with van der Waals surface area (Å²) in [5.74, 6) is 0. The second kappa shape index (κ2) is 8.70. The number of halogens is 1. The summed E-state index contributed by atoms with van der Waals surface area (Å²) in [6.07, 6.45) is 2.16. The minimum atomic E-state index is 1.07. The van der Waals surface area contributed by atoms with Gasteiger partial charge in [-0.25, -0.2) is 0 Å². The van der Waals surface area contributed by atoms with E-state index in [4.69, 9.17) is 0 Å². The van der Waals surface area contributed by atoms with Crippen molar-refractivity contribution in [2.24, 2.45) is 7.05 Å². The van der Waals surface area contributed by atoms with Gasteiger partial charge in [0.05, 0.1) is 0 Å². The lowest BCUT2D eigenvalue weighted by Crippen LogP contribution is -1.97. The van der Waals surface area contributed by atoms with E-state index in [1.54, 1.807) is 0 Å². The molecular formula is C28H31IN2. The number of hydrogen-bond donors (Lipinski definition) is 1. The summed E-state index contributed by atoms with van der Waals surface area (Å²) >= 11 is 2.15. The molecule has 2 nitrogen and oxygen atoms in total. The molecule has 2 aliphatic carbocycles. The van der Waals surface area contributed by atoms with Crippen molar-refractivity contribution in [3.63, 3.8) is 0 Å². The van der Waals surface area contributed by atoms with Crippen LogP contribution in [0.15, 0.2) is 48.5 Å². The molecule has 2 heterocycles. The zero-order valence-corrected chi connectivity index (χ0v) is 21.5. The summed E-state index contributed by atoms with van der Waals surface area (Å²) in [6, 6.07) is 17.4. The van der Waals surface area contributed by atoms with Crippen LogP contribution in [0, 0.1) is 27.7 Å². The third-order valence-corrected chi connectivity index (χ3v) is 6.99. The second-order valence-electron chi connectivity index (χ2n) is 8.49. The summed E-state index contributed by atoms with van der Waals surface area (Å²) in [4.78, 5) is 5.44. The number of nitrogens with zero attached hydrogens (tertiary/aromatic N) is 1. The van der Waals surface area contributed by atoms with Gasteiger partial charge in [-0.15, -0.1) is 0 Å². The monoisotopic (exact) mass is 522 g/mol. The van der Waals surface area contributed by atoms with Crippen molar-refractivity contribution in [1.29, 1.82) is 0 Å². The van der Waals surface area contributed by atoms with Crippen LogP contribution in [-0.4, -0.2) is 14.5 Å². The molecule has 0 saturated heterocycles. The van der Waals surface area contributed by atoms with Gasteiger partial charge in [0.15, 0.2) is 0 Å². The van der Waals surface area contributed by atoms with Gasteiger partial charge in [-0.05, 0) is 66.0 Å².